The van der Waals surface area contributed by atoms with Gasteiger partial charge in [-0.15, -0.1) is 23.1 Å². The zero-order valence-electron chi connectivity index (χ0n) is 14.1. The maximum atomic E-state index is 12.4. The van der Waals surface area contributed by atoms with Crippen LogP contribution in [0.15, 0.2) is 47.7 Å². The number of thiazole rings is 1. The third kappa shape index (κ3) is 3.45. The Morgan fingerprint density at radius 2 is 2.11 bits per heavy atom. The molecule has 2 amide bonds. The summed E-state index contributed by atoms with van der Waals surface area (Å²) >= 11 is 2.65. The number of nitrogens with one attached hydrogen (secondary N) is 1. The molecular weight excluding hydrogens is 386 g/mol. The molecule has 27 heavy (non-hydrogen) atoms. The van der Waals surface area contributed by atoms with Crippen molar-refractivity contribution in [2.75, 3.05) is 11.5 Å². The number of anilines is 1. The number of hydrogen-bond donors (Lipinski definition) is 2. The summed E-state index contributed by atoms with van der Waals surface area (Å²) in [6.45, 7) is 0.700. The maximum Gasteiger partial charge on any atom is 0.294 e. The Hall–Kier alpha value is -2.72. The first-order chi connectivity index (χ1) is 13.0. The standard InChI is InChI=1S/C17H15N5O3S2/c18-17-19-11(9-27-17)13(23)14(24)20-12-15(25)22-7-10(8-26-16(12)22)6-21-4-2-1-3-5-21/h1-5,7,9,12,16H,6,8H2,(H2-,18,19,20,24)/p+1/t12?,16-/m1/s1. The summed E-state index contributed by atoms with van der Waals surface area (Å²) in [5.41, 5.74) is 6.59. The van der Waals surface area contributed by atoms with Crippen molar-refractivity contribution >= 4 is 45.8 Å². The van der Waals surface area contributed by atoms with Crippen molar-refractivity contribution < 1.29 is 19.0 Å². The van der Waals surface area contributed by atoms with E-state index in [0.29, 0.717) is 6.54 Å². The van der Waals surface area contributed by atoms with Crippen LogP contribution in [0.2, 0.25) is 0 Å². The van der Waals surface area contributed by atoms with Crippen LogP contribution in [0.4, 0.5) is 5.13 Å². The van der Waals surface area contributed by atoms with Gasteiger partial charge < -0.3 is 16.0 Å². The van der Waals surface area contributed by atoms with Crippen LogP contribution in [0.1, 0.15) is 10.5 Å². The summed E-state index contributed by atoms with van der Waals surface area (Å²) < 4.78 is 2.04. The van der Waals surface area contributed by atoms with Crippen LogP contribution in [0.5, 0.6) is 0 Å². The molecule has 2 aromatic heterocycles. The molecule has 1 saturated heterocycles. The number of Topliss-reactive ketones (excluding diaryl/α,β-unsaturated/α-hetero) is 1. The predicted molar refractivity (Wildman–Crippen MR) is 101 cm³/mol. The van der Waals surface area contributed by atoms with Crippen molar-refractivity contribution in [3.05, 3.63) is 53.4 Å². The van der Waals surface area contributed by atoms with E-state index < -0.39 is 17.7 Å². The van der Waals surface area contributed by atoms with E-state index in [1.807, 2.05) is 41.4 Å². The van der Waals surface area contributed by atoms with Crippen LogP contribution >= 0.6 is 23.1 Å². The van der Waals surface area contributed by atoms with E-state index in [-0.39, 0.29) is 22.1 Å². The number of nitrogens with zero attached hydrogens (tertiary/aromatic N) is 3. The number of fused-ring (bicyclic) bond motifs is 1. The van der Waals surface area contributed by atoms with Gasteiger partial charge >= 0.3 is 0 Å². The lowest BCUT2D eigenvalue weighted by Gasteiger charge is -2.47. The van der Waals surface area contributed by atoms with Crippen LogP contribution in [0, 0.1) is 0 Å². The monoisotopic (exact) mass is 402 g/mol. The lowest BCUT2D eigenvalue weighted by atomic mass is 10.1. The second-order valence-corrected chi connectivity index (χ2v) is 8.13. The Morgan fingerprint density at radius 1 is 1.33 bits per heavy atom. The molecule has 0 aromatic carbocycles. The molecular formula is C17H16N5O3S2+. The number of pyridine rings is 1. The van der Waals surface area contributed by atoms with Gasteiger partial charge in [-0.25, -0.2) is 9.55 Å². The largest absolute Gasteiger partial charge is 0.375 e. The fourth-order valence-electron chi connectivity index (χ4n) is 2.94. The third-order valence-corrected chi connectivity index (χ3v) is 6.30. The molecule has 1 fully saturated rings. The molecule has 2 aliphatic heterocycles. The quantitative estimate of drug-likeness (QED) is 0.320. The summed E-state index contributed by atoms with van der Waals surface area (Å²) in [5, 5.41) is 3.98. The summed E-state index contributed by atoms with van der Waals surface area (Å²) in [6.07, 6.45) is 5.78. The Bertz CT molecular complexity index is 943. The van der Waals surface area contributed by atoms with Crippen molar-refractivity contribution in [3.63, 3.8) is 0 Å². The fraction of sp³-hybridized carbons (Fsp3) is 0.235. The summed E-state index contributed by atoms with van der Waals surface area (Å²) in [6, 6.07) is 5.15. The van der Waals surface area contributed by atoms with E-state index in [2.05, 4.69) is 10.3 Å². The van der Waals surface area contributed by atoms with Crippen LogP contribution in [-0.4, -0.2) is 44.7 Å². The molecule has 2 atom stereocenters. The molecule has 0 radical (unpaired) electrons. The maximum absolute atomic E-state index is 12.4. The van der Waals surface area contributed by atoms with E-state index in [1.165, 1.54) is 5.38 Å². The first-order valence-electron chi connectivity index (χ1n) is 8.16. The summed E-state index contributed by atoms with van der Waals surface area (Å²) in [5.74, 6) is -1.10. The van der Waals surface area contributed by atoms with Gasteiger partial charge in [0.15, 0.2) is 24.1 Å². The average Bonchev–Trinajstić information content (AvgIpc) is 3.12. The molecule has 2 aliphatic rings. The second-order valence-electron chi connectivity index (χ2n) is 6.13. The highest BCUT2D eigenvalue weighted by molar-refractivity contribution is 8.00. The van der Waals surface area contributed by atoms with Crippen LogP contribution in [-0.2, 0) is 16.1 Å². The molecule has 0 aliphatic carbocycles. The van der Waals surface area contributed by atoms with Crippen molar-refractivity contribution in [1.82, 2.24) is 15.2 Å². The van der Waals surface area contributed by atoms with Crippen LogP contribution in [0.25, 0.3) is 0 Å². The van der Waals surface area contributed by atoms with Crippen LogP contribution < -0.4 is 15.6 Å². The van der Waals surface area contributed by atoms with Crippen molar-refractivity contribution in [2.24, 2.45) is 0 Å². The van der Waals surface area contributed by atoms with Gasteiger partial charge in [0, 0.05) is 35.0 Å². The Labute approximate surface area is 163 Å². The zero-order valence-corrected chi connectivity index (χ0v) is 15.7. The van der Waals surface area contributed by atoms with E-state index in [1.54, 1.807) is 16.7 Å². The topological polar surface area (TPSA) is 109 Å². The van der Waals surface area contributed by atoms with Crippen molar-refractivity contribution in [1.29, 1.82) is 0 Å². The number of ketones is 1. The molecule has 2 aromatic rings. The van der Waals surface area contributed by atoms with E-state index in [9.17, 15) is 14.4 Å². The molecule has 1 unspecified atom stereocenters. The number of nitrogens with two attached hydrogens (primary N) is 1. The van der Waals surface area contributed by atoms with Gasteiger partial charge in [-0.05, 0) is 0 Å². The van der Waals surface area contributed by atoms with Crippen molar-refractivity contribution in [2.45, 2.75) is 18.0 Å². The van der Waals surface area contributed by atoms with Gasteiger partial charge in [0.1, 0.15) is 17.1 Å². The minimum Gasteiger partial charge on any atom is -0.375 e. The van der Waals surface area contributed by atoms with Crippen LogP contribution in [0.3, 0.4) is 0 Å². The summed E-state index contributed by atoms with van der Waals surface area (Å²) in [7, 11) is 0. The lowest BCUT2D eigenvalue weighted by molar-refractivity contribution is -0.689. The predicted octanol–water partition coefficient (Wildman–Crippen LogP) is 0.180. The lowest BCUT2D eigenvalue weighted by Crippen LogP contribution is -2.69. The number of thioether (sulfide) groups is 1. The number of β-lactam (4-membered cyclic amide) rings is 1. The van der Waals surface area contributed by atoms with Gasteiger partial charge in [0.25, 0.3) is 17.6 Å². The number of carbonyl (C=O) groups excluding carboxylic acids is 3. The Morgan fingerprint density at radius 3 is 2.81 bits per heavy atom. The second kappa shape index (κ2) is 7.12. The van der Waals surface area contributed by atoms with Gasteiger partial charge in [0.2, 0.25) is 0 Å². The van der Waals surface area contributed by atoms with Crippen molar-refractivity contribution in [3.8, 4) is 0 Å². The summed E-state index contributed by atoms with van der Waals surface area (Å²) in [4.78, 5) is 42.0. The molecule has 138 valence electrons. The van der Waals surface area contributed by atoms with E-state index >= 15 is 0 Å². The molecule has 10 heteroatoms. The third-order valence-electron chi connectivity index (χ3n) is 4.25. The number of carbonyl (C=O) groups is 3. The molecule has 0 saturated carbocycles. The highest BCUT2D eigenvalue weighted by atomic mass is 32.2. The van der Waals surface area contributed by atoms with Gasteiger partial charge in [-0.3, -0.25) is 14.4 Å². The SMILES string of the molecule is Nc1nc(C(=O)C(=O)NC2C(=O)N3C=C(C[n+]4ccccc4)CS[C@H]23)cs1. The number of aromatic nitrogens is 2. The molecule has 4 heterocycles. The first-order valence-corrected chi connectivity index (χ1v) is 10.1. The van der Waals surface area contributed by atoms with E-state index in [4.69, 9.17) is 5.73 Å². The number of amides is 2. The minimum absolute atomic E-state index is 0.00278. The van der Waals surface area contributed by atoms with E-state index in [0.717, 1.165) is 22.7 Å². The number of nitrogen functional groups attached to an aromatic ring is 1. The van der Waals surface area contributed by atoms with Gasteiger partial charge in [-0.2, -0.15) is 0 Å². The molecule has 8 nitrogen and oxygen atoms in total. The zero-order chi connectivity index (χ0) is 19.0. The Balaban J connectivity index is 1.39. The fourth-order valence-corrected chi connectivity index (χ4v) is 4.73. The first kappa shape index (κ1) is 17.7. The highest BCUT2D eigenvalue weighted by Gasteiger charge is 2.50. The normalized spacial score (nSPS) is 21.1. The molecule has 4 rings (SSSR count). The Kier molecular flexibility index (Phi) is 4.66. The smallest absolute Gasteiger partial charge is 0.294 e. The number of rotatable bonds is 5. The van der Waals surface area contributed by atoms with Gasteiger partial charge in [-0.1, -0.05) is 6.07 Å². The molecule has 0 bridgehead atoms. The minimum atomic E-state index is -0.839. The number of hydrogen-bond acceptors (Lipinski definition) is 7. The average molecular weight is 402 g/mol. The molecule has 3 N–H and O–H groups in total. The molecule has 0 spiro atoms. The highest BCUT2D eigenvalue weighted by Crippen LogP contribution is 2.36. The van der Waals surface area contributed by atoms with Gasteiger partial charge in [0.05, 0.1) is 0 Å².